The third kappa shape index (κ3) is 2.34. The molecule has 1 heterocycles. The second kappa shape index (κ2) is 4.52. The van der Waals surface area contributed by atoms with Gasteiger partial charge >= 0.3 is 0 Å². The largest absolute Gasteiger partial charge is 0.405 e. The Morgan fingerprint density at radius 2 is 1.94 bits per heavy atom. The molecule has 0 saturated heterocycles. The number of nitrogens with two attached hydrogens (primary N) is 2. The summed E-state index contributed by atoms with van der Waals surface area (Å²) in [6.07, 6.45) is 4.31. The molecule has 1 aromatic heterocycles. The molecular weight excluding hydrogens is 216 g/mol. The summed E-state index contributed by atoms with van der Waals surface area (Å²) in [5.74, 6) is 0. The lowest BCUT2D eigenvalue weighted by Crippen LogP contribution is -2.12. The van der Waals surface area contributed by atoms with Crippen molar-refractivity contribution in [1.29, 1.82) is 0 Å². The van der Waals surface area contributed by atoms with Gasteiger partial charge in [0.05, 0.1) is 11.9 Å². The normalized spacial score (nSPS) is 10.8. The van der Waals surface area contributed by atoms with Gasteiger partial charge in [0, 0.05) is 5.69 Å². The van der Waals surface area contributed by atoms with Crippen LogP contribution in [0, 0.1) is 0 Å². The molecule has 86 valence electrons. The van der Waals surface area contributed by atoms with E-state index in [0.717, 1.165) is 5.56 Å². The lowest BCUT2D eigenvalue weighted by molar-refractivity contribution is 1.12. The Morgan fingerprint density at radius 3 is 2.53 bits per heavy atom. The van der Waals surface area contributed by atoms with Crippen molar-refractivity contribution in [2.45, 2.75) is 0 Å². The number of nitrogens with zero attached hydrogens (tertiary/aromatic N) is 1. The van der Waals surface area contributed by atoms with Gasteiger partial charge in [-0.3, -0.25) is 4.79 Å². The molecule has 0 radical (unpaired) electrons. The van der Waals surface area contributed by atoms with Crippen LogP contribution >= 0.6 is 0 Å². The fourth-order valence-electron chi connectivity index (χ4n) is 1.43. The Morgan fingerprint density at radius 1 is 1.24 bits per heavy atom. The molecule has 0 aliphatic rings. The minimum atomic E-state index is -0.277. The number of hydrogen-bond acceptors (Lipinski definition) is 4. The van der Waals surface area contributed by atoms with Crippen molar-refractivity contribution in [3.8, 4) is 11.3 Å². The SMILES string of the molecule is N/C=C\c1ncc(-c2ccc(N)cc2)[nH]c1=O. The van der Waals surface area contributed by atoms with Crippen LogP contribution < -0.4 is 17.0 Å². The molecule has 0 fully saturated rings. The Labute approximate surface area is 97.8 Å². The number of anilines is 1. The zero-order valence-electron chi connectivity index (χ0n) is 9.05. The molecule has 0 bridgehead atoms. The molecule has 0 atom stereocenters. The summed E-state index contributed by atoms with van der Waals surface area (Å²) in [5.41, 5.74) is 13.0. The second-order valence-corrected chi connectivity index (χ2v) is 3.49. The molecular formula is C12H12N4O. The highest BCUT2D eigenvalue weighted by molar-refractivity contribution is 5.61. The molecule has 5 nitrogen and oxygen atoms in total. The fourth-order valence-corrected chi connectivity index (χ4v) is 1.43. The molecule has 17 heavy (non-hydrogen) atoms. The summed E-state index contributed by atoms with van der Waals surface area (Å²) < 4.78 is 0. The summed E-state index contributed by atoms with van der Waals surface area (Å²) in [6.45, 7) is 0. The van der Waals surface area contributed by atoms with Gasteiger partial charge in [-0.1, -0.05) is 12.1 Å². The number of nitrogens with one attached hydrogen (secondary N) is 1. The zero-order chi connectivity index (χ0) is 12.3. The maximum atomic E-state index is 11.6. The van der Waals surface area contributed by atoms with Gasteiger partial charge in [-0.15, -0.1) is 0 Å². The van der Waals surface area contributed by atoms with Crippen LogP contribution in [-0.4, -0.2) is 9.97 Å². The van der Waals surface area contributed by atoms with Crippen LogP contribution in [0.1, 0.15) is 5.69 Å². The number of rotatable bonds is 2. The number of hydrogen-bond donors (Lipinski definition) is 3. The lowest BCUT2D eigenvalue weighted by atomic mass is 10.1. The highest BCUT2D eigenvalue weighted by Crippen LogP contribution is 2.16. The smallest absolute Gasteiger partial charge is 0.274 e. The van der Waals surface area contributed by atoms with Gasteiger partial charge in [-0.05, 0) is 30.0 Å². The van der Waals surface area contributed by atoms with Crippen molar-refractivity contribution < 1.29 is 0 Å². The molecule has 0 amide bonds. The number of aromatic nitrogens is 2. The average Bonchev–Trinajstić information content (AvgIpc) is 2.33. The van der Waals surface area contributed by atoms with Gasteiger partial charge < -0.3 is 16.5 Å². The van der Waals surface area contributed by atoms with Crippen molar-refractivity contribution >= 4 is 11.8 Å². The maximum Gasteiger partial charge on any atom is 0.274 e. The molecule has 0 aliphatic carbocycles. The lowest BCUT2D eigenvalue weighted by Gasteiger charge is -2.02. The predicted octanol–water partition coefficient (Wildman–Crippen LogP) is 0.949. The topological polar surface area (TPSA) is 97.8 Å². The molecule has 5 N–H and O–H groups in total. The van der Waals surface area contributed by atoms with E-state index in [1.165, 1.54) is 12.3 Å². The van der Waals surface area contributed by atoms with Crippen LogP contribution in [-0.2, 0) is 0 Å². The average molecular weight is 228 g/mol. The first kappa shape index (κ1) is 10.9. The van der Waals surface area contributed by atoms with E-state index in [1.54, 1.807) is 18.3 Å². The number of nitrogen functional groups attached to an aromatic ring is 1. The predicted molar refractivity (Wildman–Crippen MR) is 67.9 cm³/mol. The van der Waals surface area contributed by atoms with Gasteiger partial charge in [0.15, 0.2) is 0 Å². The standard InChI is InChI=1S/C12H12N4O/c13-6-5-10-12(17)16-11(7-15-10)8-1-3-9(14)4-2-8/h1-7H,13-14H2,(H,16,17)/b6-5-. The van der Waals surface area contributed by atoms with E-state index in [-0.39, 0.29) is 11.3 Å². The summed E-state index contributed by atoms with van der Waals surface area (Å²) in [6, 6.07) is 7.17. The molecule has 0 unspecified atom stereocenters. The van der Waals surface area contributed by atoms with Gasteiger partial charge in [-0.25, -0.2) is 4.98 Å². The first-order chi connectivity index (χ1) is 8.20. The first-order valence-electron chi connectivity index (χ1n) is 5.04. The molecule has 2 aromatic rings. The zero-order valence-corrected chi connectivity index (χ0v) is 9.05. The van der Waals surface area contributed by atoms with Crippen LogP contribution in [0.15, 0.2) is 41.5 Å². The Balaban J connectivity index is 2.44. The van der Waals surface area contributed by atoms with Crippen LogP contribution in [0.3, 0.4) is 0 Å². The number of benzene rings is 1. The highest BCUT2D eigenvalue weighted by Gasteiger charge is 2.02. The van der Waals surface area contributed by atoms with Crippen molar-refractivity contribution in [1.82, 2.24) is 9.97 Å². The summed E-state index contributed by atoms with van der Waals surface area (Å²) in [5, 5.41) is 0. The van der Waals surface area contributed by atoms with Crippen molar-refractivity contribution in [3.05, 3.63) is 52.7 Å². The fraction of sp³-hybridized carbons (Fsp3) is 0. The quantitative estimate of drug-likeness (QED) is 0.666. The third-order valence-electron chi connectivity index (χ3n) is 2.29. The van der Waals surface area contributed by atoms with E-state index in [2.05, 4.69) is 9.97 Å². The Bertz CT molecular complexity index is 599. The summed E-state index contributed by atoms with van der Waals surface area (Å²) >= 11 is 0. The van der Waals surface area contributed by atoms with Crippen LogP contribution in [0.25, 0.3) is 17.3 Å². The van der Waals surface area contributed by atoms with Gasteiger partial charge in [0.1, 0.15) is 5.69 Å². The number of aromatic amines is 1. The van der Waals surface area contributed by atoms with Gasteiger partial charge in [-0.2, -0.15) is 0 Å². The van der Waals surface area contributed by atoms with E-state index in [9.17, 15) is 4.79 Å². The molecule has 1 aromatic carbocycles. The molecule has 0 aliphatic heterocycles. The van der Waals surface area contributed by atoms with Crippen molar-refractivity contribution in [3.63, 3.8) is 0 Å². The van der Waals surface area contributed by atoms with Crippen molar-refractivity contribution in [2.75, 3.05) is 5.73 Å². The molecule has 2 rings (SSSR count). The first-order valence-corrected chi connectivity index (χ1v) is 5.04. The maximum absolute atomic E-state index is 11.6. The molecule has 0 saturated carbocycles. The van der Waals surface area contributed by atoms with Gasteiger partial charge in [0.2, 0.25) is 0 Å². The van der Waals surface area contributed by atoms with E-state index >= 15 is 0 Å². The van der Waals surface area contributed by atoms with Crippen LogP contribution in [0.5, 0.6) is 0 Å². The van der Waals surface area contributed by atoms with Gasteiger partial charge in [0.25, 0.3) is 5.56 Å². The summed E-state index contributed by atoms with van der Waals surface area (Å²) in [7, 11) is 0. The molecule has 0 spiro atoms. The second-order valence-electron chi connectivity index (χ2n) is 3.49. The van der Waals surface area contributed by atoms with Crippen molar-refractivity contribution in [2.24, 2.45) is 5.73 Å². The van der Waals surface area contributed by atoms with E-state index in [1.807, 2.05) is 12.1 Å². The van der Waals surface area contributed by atoms with E-state index < -0.39 is 0 Å². The van der Waals surface area contributed by atoms with E-state index in [0.29, 0.717) is 11.4 Å². The minimum Gasteiger partial charge on any atom is -0.405 e. The van der Waals surface area contributed by atoms with Crippen LogP contribution in [0.2, 0.25) is 0 Å². The monoisotopic (exact) mass is 228 g/mol. The minimum absolute atomic E-state index is 0.277. The third-order valence-corrected chi connectivity index (χ3v) is 2.29. The van der Waals surface area contributed by atoms with Crippen LogP contribution in [0.4, 0.5) is 5.69 Å². The Hall–Kier alpha value is -2.56. The molecule has 5 heteroatoms. The summed E-state index contributed by atoms with van der Waals surface area (Å²) in [4.78, 5) is 18.4. The highest BCUT2D eigenvalue weighted by atomic mass is 16.1. The number of H-pyrrole nitrogens is 1. The van der Waals surface area contributed by atoms with E-state index in [4.69, 9.17) is 11.5 Å². The Kier molecular flexibility index (Phi) is 2.91.